The summed E-state index contributed by atoms with van der Waals surface area (Å²) in [5.41, 5.74) is 0. The van der Waals surface area contributed by atoms with Crippen LogP contribution in [0.1, 0.15) is 53.4 Å². The number of hydrogen-bond acceptors (Lipinski definition) is 2. The van der Waals surface area contributed by atoms with Gasteiger partial charge < -0.3 is 15.9 Å². The molecule has 3 heteroatoms. The fourth-order valence-corrected chi connectivity index (χ4v) is 2.04. The minimum absolute atomic E-state index is 0. The third kappa shape index (κ3) is 14.5. The molecule has 98 valence electrons. The molecule has 0 aliphatic rings. The van der Waals surface area contributed by atoms with Crippen molar-refractivity contribution < 1.29 is 28.3 Å². The van der Waals surface area contributed by atoms with Crippen LogP contribution in [0, 0.1) is 18.3 Å². The van der Waals surface area contributed by atoms with E-state index in [1.165, 1.54) is 19.3 Å². The first-order chi connectivity index (χ1) is 7.70. The maximum atomic E-state index is 5.35. The van der Waals surface area contributed by atoms with Crippen LogP contribution in [0.15, 0.2) is 0 Å². The van der Waals surface area contributed by atoms with Crippen molar-refractivity contribution in [2.45, 2.75) is 53.4 Å². The first-order valence-corrected chi connectivity index (χ1v) is 6.64. The van der Waals surface area contributed by atoms with Crippen molar-refractivity contribution in [1.82, 2.24) is 0 Å². The molecule has 0 aliphatic heterocycles. The first kappa shape index (κ1) is 19.8. The molecule has 0 N–H and O–H groups in total. The van der Waals surface area contributed by atoms with E-state index in [9.17, 15) is 0 Å². The summed E-state index contributed by atoms with van der Waals surface area (Å²) in [6.45, 7) is 10.8. The van der Waals surface area contributed by atoms with Crippen LogP contribution >= 0.6 is 0 Å². The molecular weight excluding hydrogens is 207 g/mol. The Morgan fingerprint density at radius 1 is 1.12 bits per heavy atom. The summed E-state index contributed by atoms with van der Waals surface area (Å²) in [4.78, 5) is 0. The molecule has 2 unspecified atom stereocenters. The van der Waals surface area contributed by atoms with Gasteiger partial charge >= 0.3 is 18.9 Å². The molecule has 2 atom stereocenters. The van der Waals surface area contributed by atoms with Crippen molar-refractivity contribution in [3.63, 3.8) is 0 Å². The Morgan fingerprint density at radius 3 is 2.41 bits per heavy atom. The van der Waals surface area contributed by atoms with Gasteiger partial charge in [0.1, 0.15) is 6.79 Å². The zero-order valence-corrected chi connectivity index (χ0v) is 12.5. The van der Waals surface area contributed by atoms with Gasteiger partial charge in [-0.2, -0.15) is 13.3 Å². The van der Waals surface area contributed by atoms with Gasteiger partial charge in [-0.25, -0.2) is 0 Å². The summed E-state index contributed by atoms with van der Waals surface area (Å²) in [5, 5.41) is 0. The average molecular weight is 236 g/mol. The number of hydrogen-bond donors (Lipinski definition) is 0. The third-order valence-electron chi connectivity index (χ3n) is 2.80. The topological polar surface area (TPSA) is 18.5 Å². The van der Waals surface area contributed by atoms with Crippen LogP contribution in [-0.2, 0) is 9.47 Å². The van der Waals surface area contributed by atoms with Crippen molar-refractivity contribution in [3.8, 4) is 0 Å². The van der Waals surface area contributed by atoms with E-state index < -0.39 is 0 Å². The van der Waals surface area contributed by atoms with E-state index in [4.69, 9.17) is 9.47 Å². The SMILES string of the molecule is C[CH-]CC(C)CC(C)CCCOCOCC.[Li+]. The van der Waals surface area contributed by atoms with Gasteiger partial charge in [-0.05, 0) is 25.7 Å². The molecule has 0 amide bonds. The smallest absolute Gasteiger partial charge is 0.356 e. The molecule has 0 spiro atoms. The molecule has 0 heterocycles. The average Bonchev–Trinajstić information content (AvgIpc) is 2.23. The predicted molar refractivity (Wildman–Crippen MR) is 69.2 cm³/mol. The molecule has 0 aliphatic carbocycles. The Bertz CT molecular complexity index is 142. The summed E-state index contributed by atoms with van der Waals surface area (Å²) in [6.07, 6.45) is 7.25. The minimum Gasteiger partial charge on any atom is -0.356 e. The second-order valence-corrected chi connectivity index (χ2v) is 4.75. The monoisotopic (exact) mass is 236 g/mol. The summed E-state index contributed by atoms with van der Waals surface area (Å²) in [7, 11) is 0. The molecule has 0 bridgehead atoms. The Morgan fingerprint density at radius 2 is 1.82 bits per heavy atom. The molecule has 17 heavy (non-hydrogen) atoms. The molecule has 0 aromatic heterocycles. The van der Waals surface area contributed by atoms with E-state index in [1.54, 1.807) is 0 Å². The van der Waals surface area contributed by atoms with E-state index in [0.29, 0.717) is 6.79 Å². The summed E-state index contributed by atoms with van der Waals surface area (Å²) < 4.78 is 10.5. The first-order valence-electron chi connectivity index (χ1n) is 6.64. The second kappa shape index (κ2) is 14.6. The van der Waals surface area contributed by atoms with Gasteiger partial charge in [-0.15, -0.1) is 0 Å². The molecule has 0 radical (unpaired) electrons. The molecule has 0 saturated heterocycles. The Balaban J connectivity index is 0. The zero-order valence-electron chi connectivity index (χ0n) is 12.5. The quantitative estimate of drug-likeness (QED) is 0.231. The van der Waals surface area contributed by atoms with Crippen molar-refractivity contribution >= 4 is 0 Å². The standard InChI is InChI=1S/C14H29O2.Li/c1-5-8-13(3)11-14(4)9-7-10-16-12-15-6-2;/h5,13-14H,6-12H2,1-4H3;/q-1;+1. The van der Waals surface area contributed by atoms with E-state index in [-0.39, 0.29) is 18.9 Å². The fourth-order valence-electron chi connectivity index (χ4n) is 2.04. The Kier molecular flexibility index (Phi) is 17.0. The van der Waals surface area contributed by atoms with Crippen LogP contribution in [0.4, 0.5) is 0 Å². The van der Waals surface area contributed by atoms with Gasteiger partial charge in [0.2, 0.25) is 0 Å². The predicted octanol–water partition coefficient (Wildman–Crippen LogP) is 1.06. The van der Waals surface area contributed by atoms with Gasteiger partial charge in [0.25, 0.3) is 0 Å². The Labute approximate surface area is 120 Å². The third-order valence-corrected chi connectivity index (χ3v) is 2.80. The van der Waals surface area contributed by atoms with Crippen LogP contribution in [-0.4, -0.2) is 20.0 Å². The Hall–Kier alpha value is 0.517. The van der Waals surface area contributed by atoms with Gasteiger partial charge in [-0.3, -0.25) is 0 Å². The van der Waals surface area contributed by atoms with Crippen LogP contribution in [0.2, 0.25) is 0 Å². The molecule has 0 saturated carbocycles. The van der Waals surface area contributed by atoms with Crippen molar-refractivity contribution in [2.75, 3.05) is 20.0 Å². The summed E-state index contributed by atoms with van der Waals surface area (Å²) in [6, 6.07) is 0. The van der Waals surface area contributed by atoms with Crippen LogP contribution in [0.5, 0.6) is 0 Å². The van der Waals surface area contributed by atoms with E-state index in [2.05, 4.69) is 27.2 Å². The fraction of sp³-hybridized carbons (Fsp3) is 0.929. The van der Waals surface area contributed by atoms with Crippen LogP contribution in [0.3, 0.4) is 0 Å². The second-order valence-electron chi connectivity index (χ2n) is 4.75. The maximum Gasteiger partial charge on any atom is 1.00 e. The van der Waals surface area contributed by atoms with Crippen molar-refractivity contribution in [2.24, 2.45) is 11.8 Å². The normalized spacial score (nSPS) is 14.1. The number of rotatable bonds is 11. The molecule has 0 aromatic rings. The van der Waals surface area contributed by atoms with Gasteiger partial charge in [-0.1, -0.05) is 26.2 Å². The molecule has 0 fully saturated rings. The van der Waals surface area contributed by atoms with E-state index in [1.807, 2.05) is 6.92 Å². The maximum absolute atomic E-state index is 5.35. The molecule has 2 nitrogen and oxygen atoms in total. The van der Waals surface area contributed by atoms with Gasteiger partial charge in [0, 0.05) is 13.2 Å². The van der Waals surface area contributed by atoms with E-state index >= 15 is 0 Å². The van der Waals surface area contributed by atoms with Crippen molar-refractivity contribution in [3.05, 3.63) is 6.42 Å². The number of ether oxygens (including phenoxy) is 2. The zero-order chi connectivity index (χ0) is 12.2. The summed E-state index contributed by atoms with van der Waals surface area (Å²) >= 11 is 0. The van der Waals surface area contributed by atoms with Gasteiger partial charge in [0.15, 0.2) is 0 Å². The van der Waals surface area contributed by atoms with Crippen molar-refractivity contribution in [1.29, 1.82) is 0 Å². The summed E-state index contributed by atoms with van der Waals surface area (Å²) in [5.74, 6) is 1.63. The minimum atomic E-state index is 0. The molecule has 0 rings (SSSR count). The van der Waals surface area contributed by atoms with E-state index in [0.717, 1.165) is 31.5 Å². The molecular formula is C14H29LiO2. The van der Waals surface area contributed by atoms with Crippen LogP contribution < -0.4 is 18.9 Å². The van der Waals surface area contributed by atoms with Crippen LogP contribution in [0.25, 0.3) is 0 Å². The van der Waals surface area contributed by atoms with Gasteiger partial charge in [0.05, 0.1) is 0 Å². The largest absolute Gasteiger partial charge is 1.00 e. The molecule has 0 aromatic carbocycles.